The number of likely N-dealkylation sites (tertiary alicyclic amines) is 1. The van der Waals surface area contributed by atoms with Gasteiger partial charge in [-0.05, 0) is 74.9 Å². The van der Waals surface area contributed by atoms with Gasteiger partial charge in [0.05, 0.1) is 29.2 Å². The number of nitrogens with zero attached hydrogens (tertiary/aromatic N) is 3. The van der Waals surface area contributed by atoms with Gasteiger partial charge in [0.2, 0.25) is 0 Å². The summed E-state index contributed by atoms with van der Waals surface area (Å²) >= 11 is 1.14. The minimum Gasteiger partial charge on any atom is -0.493 e. The normalized spacial score (nSPS) is 18.5. The van der Waals surface area contributed by atoms with E-state index in [4.69, 9.17) is 9.47 Å². The van der Waals surface area contributed by atoms with Crippen molar-refractivity contribution in [1.29, 1.82) is 0 Å². The standard InChI is InChI=1S/C29H29F6N3O5S/c1-27(2,3)38(26(40)41)19-9-10-37(14-19)25-36-24(39)23(44-25)12-16-5-8-21(22(11-16)42-4)43-15-17-6-7-18(28(30,31)32)13-20(17)29(33,34)35/h5-8,11-13,19H,9-10,14-15H2,1-4H3,(H,40,41)/b23-12+. The van der Waals surface area contributed by atoms with Crippen LogP contribution in [0.5, 0.6) is 11.5 Å². The topological polar surface area (TPSA) is 91.7 Å². The van der Waals surface area contributed by atoms with Crippen LogP contribution >= 0.6 is 11.8 Å². The molecule has 2 aliphatic rings. The summed E-state index contributed by atoms with van der Waals surface area (Å²) < 4.78 is 90.3. The van der Waals surface area contributed by atoms with E-state index in [0.29, 0.717) is 41.2 Å². The van der Waals surface area contributed by atoms with Crippen molar-refractivity contribution < 1.29 is 50.5 Å². The van der Waals surface area contributed by atoms with Crippen molar-refractivity contribution in [2.45, 2.75) is 57.7 Å². The number of ether oxygens (including phenoxy) is 2. The van der Waals surface area contributed by atoms with Crippen LogP contribution < -0.4 is 9.47 Å². The highest BCUT2D eigenvalue weighted by Gasteiger charge is 2.40. The molecule has 1 fully saturated rings. The van der Waals surface area contributed by atoms with E-state index in [1.165, 1.54) is 30.2 Å². The number of amidine groups is 1. The summed E-state index contributed by atoms with van der Waals surface area (Å²) in [4.78, 5) is 32.2. The van der Waals surface area contributed by atoms with E-state index in [1.54, 1.807) is 6.08 Å². The summed E-state index contributed by atoms with van der Waals surface area (Å²) in [6, 6.07) is 5.49. The number of hydrogen-bond donors (Lipinski definition) is 1. The van der Waals surface area contributed by atoms with Crippen molar-refractivity contribution in [2.24, 2.45) is 4.99 Å². The van der Waals surface area contributed by atoms with E-state index in [1.807, 2.05) is 25.7 Å². The lowest BCUT2D eigenvalue weighted by Crippen LogP contribution is -2.52. The summed E-state index contributed by atoms with van der Waals surface area (Å²) in [5.41, 5.74) is -3.48. The fourth-order valence-electron chi connectivity index (χ4n) is 4.99. The minimum atomic E-state index is -5.04. The van der Waals surface area contributed by atoms with Crippen LogP contribution in [0.1, 0.15) is 49.4 Å². The molecule has 1 N–H and O–H groups in total. The number of hydrogen-bond acceptors (Lipinski definition) is 6. The molecular formula is C29H29F6N3O5S. The second-order valence-electron chi connectivity index (χ2n) is 11.1. The molecule has 0 aromatic heterocycles. The van der Waals surface area contributed by atoms with Gasteiger partial charge in [-0.1, -0.05) is 12.1 Å². The summed E-state index contributed by atoms with van der Waals surface area (Å²) in [6.45, 7) is 5.66. The zero-order chi connectivity index (χ0) is 32.6. The Hall–Kier alpha value is -3.88. The number of halogens is 6. The summed E-state index contributed by atoms with van der Waals surface area (Å²) in [6.07, 6.45) is -8.87. The molecular weight excluding hydrogens is 616 g/mol. The Bertz CT molecular complexity index is 1500. The average Bonchev–Trinajstić information content (AvgIpc) is 3.52. The number of amides is 2. The Morgan fingerprint density at radius 3 is 2.39 bits per heavy atom. The number of thioether (sulfide) groups is 1. The number of aliphatic imine (C=N–C) groups is 1. The molecule has 1 atom stereocenters. The van der Waals surface area contributed by atoms with Crippen molar-refractivity contribution >= 4 is 35.0 Å². The second kappa shape index (κ2) is 12.3. The van der Waals surface area contributed by atoms with Gasteiger partial charge in [-0.3, -0.25) is 9.69 Å². The molecule has 2 amide bonds. The van der Waals surface area contributed by atoms with Crippen LogP contribution in [-0.2, 0) is 23.8 Å². The van der Waals surface area contributed by atoms with Gasteiger partial charge in [-0.25, -0.2) is 4.79 Å². The molecule has 238 valence electrons. The molecule has 0 aliphatic carbocycles. The number of benzene rings is 2. The van der Waals surface area contributed by atoms with Crippen LogP contribution in [0.25, 0.3) is 6.08 Å². The van der Waals surface area contributed by atoms with E-state index in [9.17, 15) is 41.0 Å². The predicted molar refractivity (Wildman–Crippen MR) is 151 cm³/mol. The number of methoxy groups -OCH3 is 1. The number of carboxylic acid groups (broad SMARTS) is 1. The van der Waals surface area contributed by atoms with Crippen molar-refractivity contribution in [1.82, 2.24) is 9.80 Å². The van der Waals surface area contributed by atoms with Gasteiger partial charge in [-0.2, -0.15) is 31.3 Å². The van der Waals surface area contributed by atoms with Gasteiger partial charge in [0.25, 0.3) is 5.91 Å². The van der Waals surface area contributed by atoms with Gasteiger partial charge < -0.3 is 19.5 Å². The predicted octanol–water partition coefficient (Wildman–Crippen LogP) is 7.13. The lowest BCUT2D eigenvalue weighted by Gasteiger charge is -2.37. The number of carbonyl (C=O) groups excluding carboxylic acids is 1. The second-order valence-corrected chi connectivity index (χ2v) is 12.1. The van der Waals surface area contributed by atoms with Crippen LogP contribution in [0.4, 0.5) is 31.1 Å². The first-order valence-electron chi connectivity index (χ1n) is 13.3. The first-order chi connectivity index (χ1) is 20.4. The largest absolute Gasteiger partial charge is 0.493 e. The van der Waals surface area contributed by atoms with Gasteiger partial charge in [0.15, 0.2) is 16.7 Å². The van der Waals surface area contributed by atoms with Crippen LogP contribution in [0.2, 0.25) is 0 Å². The third-order valence-electron chi connectivity index (χ3n) is 6.95. The Morgan fingerprint density at radius 2 is 1.80 bits per heavy atom. The quantitative estimate of drug-likeness (QED) is 0.264. The lowest BCUT2D eigenvalue weighted by atomic mass is 10.0. The summed E-state index contributed by atoms with van der Waals surface area (Å²) in [7, 11) is 1.30. The van der Waals surface area contributed by atoms with Gasteiger partial charge in [0.1, 0.15) is 6.61 Å². The maximum Gasteiger partial charge on any atom is 0.416 e. The molecule has 15 heteroatoms. The van der Waals surface area contributed by atoms with Crippen molar-refractivity contribution in [2.75, 3.05) is 20.2 Å². The zero-order valence-electron chi connectivity index (χ0n) is 24.0. The van der Waals surface area contributed by atoms with Crippen LogP contribution in [0.15, 0.2) is 46.3 Å². The molecule has 0 saturated carbocycles. The molecule has 8 nitrogen and oxygen atoms in total. The lowest BCUT2D eigenvalue weighted by molar-refractivity contribution is -0.143. The Morgan fingerprint density at radius 1 is 1.09 bits per heavy atom. The monoisotopic (exact) mass is 645 g/mol. The molecule has 1 unspecified atom stereocenters. The molecule has 2 aromatic rings. The molecule has 2 aliphatic heterocycles. The molecule has 2 heterocycles. The van der Waals surface area contributed by atoms with Crippen molar-refractivity contribution in [3.8, 4) is 11.5 Å². The number of rotatable bonds is 6. The third-order valence-corrected chi connectivity index (χ3v) is 7.99. The zero-order valence-corrected chi connectivity index (χ0v) is 24.9. The Labute approximate surface area is 253 Å². The van der Waals surface area contributed by atoms with Crippen LogP contribution in [0.3, 0.4) is 0 Å². The maximum absolute atomic E-state index is 13.5. The van der Waals surface area contributed by atoms with E-state index >= 15 is 0 Å². The molecule has 0 bridgehead atoms. The number of carbonyl (C=O) groups is 2. The Kier molecular flexibility index (Phi) is 9.19. The van der Waals surface area contributed by atoms with E-state index < -0.39 is 53.2 Å². The maximum atomic E-state index is 13.5. The molecule has 2 aromatic carbocycles. The molecule has 1 saturated heterocycles. The summed E-state index contributed by atoms with van der Waals surface area (Å²) in [5, 5.41) is 10.2. The third kappa shape index (κ3) is 7.42. The van der Waals surface area contributed by atoms with Crippen molar-refractivity contribution in [3.05, 3.63) is 63.6 Å². The molecule has 4 rings (SSSR count). The summed E-state index contributed by atoms with van der Waals surface area (Å²) in [5.74, 6) is -0.328. The Balaban J connectivity index is 1.46. The highest BCUT2D eigenvalue weighted by molar-refractivity contribution is 8.18. The highest BCUT2D eigenvalue weighted by atomic mass is 32.2. The van der Waals surface area contributed by atoms with Gasteiger partial charge >= 0.3 is 18.4 Å². The van der Waals surface area contributed by atoms with Gasteiger partial charge in [-0.15, -0.1) is 0 Å². The van der Waals surface area contributed by atoms with Crippen molar-refractivity contribution in [3.63, 3.8) is 0 Å². The SMILES string of the molecule is COc1cc(/C=C2/SC(N3CCC(N(C(=O)O)C(C)(C)C)C3)=NC2=O)ccc1OCc1ccc(C(F)(F)F)cc1C(F)(F)F. The first kappa shape index (κ1) is 33.0. The van der Waals surface area contributed by atoms with Crippen LogP contribution in [0, 0.1) is 0 Å². The molecule has 44 heavy (non-hydrogen) atoms. The number of alkyl halides is 6. The van der Waals surface area contributed by atoms with E-state index in [0.717, 1.165) is 17.8 Å². The van der Waals surface area contributed by atoms with Crippen LogP contribution in [-0.4, -0.2) is 63.9 Å². The molecule has 0 spiro atoms. The minimum absolute atomic E-state index is 0.0370. The highest BCUT2D eigenvalue weighted by Crippen LogP contribution is 2.39. The first-order valence-corrected chi connectivity index (χ1v) is 14.1. The smallest absolute Gasteiger partial charge is 0.416 e. The average molecular weight is 646 g/mol. The fourth-order valence-corrected chi connectivity index (χ4v) is 5.94. The van der Waals surface area contributed by atoms with E-state index in [2.05, 4.69) is 4.99 Å². The molecule has 0 radical (unpaired) electrons. The van der Waals surface area contributed by atoms with Gasteiger partial charge in [0, 0.05) is 24.2 Å². The van der Waals surface area contributed by atoms with E-state index in [-0.39, 0.29) is 23.6 Å². The fraction of sp³-hybridized carbons (Fsp3) is 0.414.